The van der Waals surface area contributed by atoms with Crippen molar-refractivity contribution in [2.75, 3.05) is 11.9 Å². The summed E-state index contributed by atoms with van der Waals surface area (Å²) in [5.74, 6) is -1.18. The van der Waals surface area contributed by atoms with E-state index in [-0.39, 0.29) is 12.3 Å². The third kappa shape index (κ3) is 4.71. The highest BCUT2D eigenvalue weighted by Crippen LogP contribution is 2.39. The second kappa shape index (κ2) is 10.1. The third-order valence-corrected chi connectivity index (χ3v) is 6.39. The molecule has 2 heterocycles. The molecule has 0 radical (unpaired) electrons. The second-order valence-corrected chi connectivity index (χ2v) is 8.83. The molecule has 2 atom stereocenters. The van der Waals surface area contributed by atoms with Gasteiger partial charge in [-0.15, -0.1) is 0 Å². The lowest BCUT2D eigenvalue weighted by Crippen LogP contribution is -2.49. The largest absolute Gasteiger partial charge is 0.344 e. The Morgan fingerprint density at radius 1 is 0.946 bits per heavy atom. The molecule has 0 aliphatic carbocycles. The number of benzene rings is 3. The van der Waals surface area contributed by atoms with Crippen molar-refractivity contribution in [3.63, 3.8) is 0 Å². The third-order valence-electron chi connectivity index (χ3n) is 6.39. The van der Waals surface area contributed by atoms with Gasteiger partial charge in [0.2, 0.25) is 11.8 Å². The van der Waals surface area contributed by atoms with Gasteiger partial charge in [-0.05, 0) is 29.3 Å². The summed E-state index contributed by atoms with van der Waals surface area (Å²) >= 11 is 0. The molecule has 1 aliphatic rings. The summed E-state index contributed by atoms with van der Waals surface area (Å²) < 4.78 is 4.85. The lowest BCUT2D eigenvalue weighted by Gasteiger charge is -2.24. The van der Waals surface area contributed by atoms with E-state index in [1.54, 1.807) is 18.9 Å². The Balaban J connectivity index is 1.31. The van der Waals surface area contributed by atoms with Gasteiger partial charge in [-0.25, -0.2) is 4.63 Å². The van der Waals surface area contributed by atoms with Crippen molar-refractivity contribution in [2.24, 2.45) is 0 Å². The topological polar surface area (TPSA) is 117 Å². The Hall–Kier alpha value is -4.79. The van der Waals surface area contributed by atoms with Crippen molar-refractivity contribution in [2.45, 2.75) is 25.4 Å². The molecule has 0 spiro atoms. The Morgan fingerprint density at radius 3 is 2.41 bits per heavy atom. The lowest BCUT2D eigenvalue weighted by atomic mass is 9.95. The van der Waals surface area contributed by atoms with E-state index in [2.05, 4.69) is 20.9 Å². The van der Waals surface area contributed by atoms with Gasteiger partial charge < -0.3 is 15.5 Å². The van der Waals surface area contributed by atoms with Crippen molar-refractivity contribution in [1.82, 2.24) is 20.9 Å². The number of carbonyl (C=O) groups excluding carboxylic acids is 3. The van der Waals surface area contributed by atoms with Gasteiger partial charge in [0.25, 0.3) is 5.91 Å². The summed E-state index contributed by atoms with van der Waals surface area (Å²) in [6.45, 7) is 1.57. The molecule has 1 aliphatic heterocycles. The normalized spacial score (nSPS) is 15.2. The van der Waals surface area contributed by atoms with E-state index in [0.29, 0.717) is 17.0 Å². The molecule has 2 unspecified atom stereocenters. The molecule has 3 amide bonds. The fourth-order valence-electron chi connectivity index (χ4n) is 4.49. The first-order valence-electron chi connectivity index (χ1n) is 11.9. The van der Waals surface area contributed by atoms with Gasteiger partial charge in [0.1, 0.15) is 23.5 Å². The maximum Gasteiger partial charge on any atom is 0.253 e. The number of rotatable bonds is 6. The molecule has 37 heavy (non-hydrogen) atoms. The molecular weight excluding hydrogens is 470 g/mol. The van der Waals surface area contributed by atoms with Crippen molar-refractivity contribution in [3.05, 3.63) is 90.1 Å². The SMILES string of the molecule is CC(NC(=O)Cc1nonc1-c1ccccc1)C(=O)NC1C(=O)N(C)c2ccccc2-c2ccccc21. The zero-order valence-electron chi connectivity index (χ0n) is 20.3. The quantitative estimate of drug-likeness (QED) is 0.424. The van der Waals surface area contributed by atoms with E-state index in [4.69, 9.17) is 4.63 Å². The first-order chi connectivity index (χ1) is 17.9. The highest BCUT2D eigenvalue weighted by Gasteiger charge is 2.34. The predicted molar refractivity (Wildman–Crippen MR) is 137 cm³/mol. The minimum atomic E-state index is -0.912. The van der Waals surface area contributed by atoms with Gasteiger partial charge in [0.15, 0.2) is 0 Å². The molecule has 3 aromatic carbocycles. The zero-order valence-corrected chi connectivity index (χ0v) is 20.3. The standard InChI is InChI=1S/C28H25N5O4/c1-17(29-24(34)16-22-25(32-37-31-22)18-10-4-3-5-11-18)27(35)30-26-21-14-7-6-12-19(21)20-13-8-9-15-23(20)33(2)28(26)36/h3-15,17,26H,16H2,1-2H3,(H,29,34)(H,30,35). The number of carbonyl (C=O) groups is 3. The van der Waals surface area contributed by atoms with Crippen LogP contribution in [0.4, 0.5) is 5.69 Å². The van der Waals surface area contributed by atoms with Gasteiger partial charge in [0.05, 0.1) is 12.1 Å². The van der Waals surface area contributed by atoms with Crippen LogP contribution in [0.2, 0.25) is 0 Å². The molecule has 186 valence electrons. The van der Waals surface area contributed by atoms with Crippen molar-refractivity contribution < 1.29 is 19.0 Å². The van der Waals surface area contributed by atoms with Crippen LogP contribution in [0.15, 0.2) is 83.5 Å². The van der Waals surface area contributed by atoms with Crippen LogP contribution in [0.5, 0.6) is 0 Å². The summed E-state index contributed by atoms with van der Waals surface area (Å²) in [6.07, 6.45) is -0.116. The summed E-state index contributed by atoms with van der Waals surface area (Å²) in [6, 6.07) is 22.6. The maximum absolute atomic E-state index is 13.4. The van der Waals surface area contributed by atoms with Crippen molar-refractivity contribution in [3.8, 4) is 22.4 Å². The highest BCUT2D eigenvalue weighted by molar-refractivity contribution is 6.06. The molecule has 4 aromatic rings. The number of amides is 3. The number of nitrogens with zero attached hydrogens (tertiary/aromatic N) is 3. The second-order valence-electron chi connectivity index (χ2n) is 8.83. The summed E-state index contributed by atoms with van der Waals surface area (Å²) in [5.41, 5.74) is 4.82. The zero-order chi connectivity index (χ0) is 25.9. The van der Waals surface area contributed by atoms with E-state index in [1.807, 2.05) is 78.9 Å². The van der Waals surface area contributed by atoms with Gasteiger partial charge in [0, 0.05) is 18.2 Å². The first-order valence-corrected chi connectivity index (χ1v) is 11.9. The van der Waals surface area contributed by atoms with E-state index in [1.165, 1.54) is 0 Å². The molecule has 0 saturated heterocycles. The maximum atomic E-state index is 13.4. The van der Waals surface area contributed by atoms with Crippen LogP contribution >= 0.6 is 0 Å². The van der Waals surface area contributed by atoms with Crippen LogP contribution in [0.1, 0.15) is 24.2 Å². The fourth-order valence-corrected chi connectivity index (χ4v) is 4.49. The number of likely N-dealkylation sites (N-methyl/N-ethyl adjacent to an activating group) is 1. The molecule has 9 heteroatoms. The van der Waals surface area contributed by atoms with Crippen LogP contribution < -0.4 is 15.5 Å². The molecule has 2 N–H and O–H groups in total. The Bertz CT molecular complexity index is 1470. The number of hydrogen-bond donors (Lipinski definition) is 2. The van der Waals surface area contributed by atoms with Crippen LogP contribution in [-0.4, -0.2) is 41.1 Å². The number of fused-ring (bicyclic) bond motifs is 3. The Kier molecular flexibility index (Phi) is 6.51. The highest BCUT2D eigenvalue weighted by atomic mass is 16.6. The van der Waals surface area contributed by atoms with Crippen molar-refractivity contribution >= 4 is 23.4 Å². The molecular formula is C28H25N5O4. The summed E-state index contributed by atoms with van der Waals surface area (Å²) in [7, 11) is 1.69. The molecule has 5 rings (SSSR count). The summed E-state index contributed by atoms with van der Waals surface area (Å²) in [4.78, 5) is 40.9. The number of nitrogens with one attached hydrogen (secondary N) is 2. The first kappa shape index (κ1) is 23.9. The monoisotopic (exact) mass is 495 g/mol. The number of hydrogen-bond acceptors (Lipinski definition) is 6. The Labute approximate surface area is 213 Å². The van der Waals surface area contributed by atoms with Gasteiger partial charge in [-0.2, -0.15) is 0 Å². The average molecular weight is 496 g/mol. The smallest absolute Gasteiger partial charge is 0.253 e. The van der Waals surface area contributed by atoms with Crippen molar-refractivity contribution in [1.29, 1.82) is 0 Å². The molecule has 0 saturated carbocycles. The molecule has 9 nitrogen and oxygen atoms in total. The Morgan fingerprint density at radius 2 is 1.62 bits per heavy atom. The fraction of sp³-hybridized carbons (Fsp3) is 0.179. The minimum absolute atomic E-state index is 0.116. The number of anilines is 1. The molecule has 1 aromatic heterocycles. The molecule has 0 bridgehead atoms. The van der Waals surface area contributed by atoms with Crippen LogP contribution in [-0.2, 0) is 20.8 Å². The summed E-state index contributed by atoms with van der Waals surface area (Å²) in [5, 5.41) is 13.3. The number of para-hydroxylation sites is 1. The average Bonchev–Trinajstić information content (AvgIpc) is 3.36. The predicted octanol–water partition coefficient (Wildman–Crippen LogP) is 3.28. The molecule has 0 fully saturated rings. The number of aromatic nitrogens is 2. The van der Waals surface area contributed by atoms with Crippen LogP contribution in [0.3, 0.4) is 0 Å². The van der Waals surface area contributed by atoms with E-state index in [0.717, 1.165) is 22.4 Å². The minimum Gasteiger partial charge on any atom is -0.344 e. The van der Waals surface area contributed by atoms with Crippen LogP contribution in [0, 0.1) is 0 Å². The van der Waals surface area contributed by atoms with Gasteiger partial charge in [-0.3, -0.25) is 14.4 Å². The van der Waals surface area contributed by atoms with E-state index >= 15 is 0 Å². The van der Waals surface area contributed by atoms with Gasteiger partial charge in [-0.1, -0.05) is 78.0 Å². The van der Waals surface area contributed by atoms with Gasteiger partial charge >= 0.3 is 0 Å². The van der Waals surface area contributed by atoms with E-state index in [9.17, 15) is 14.4 Å². The van der Waals surface area contributed by atoms with E-state index < -0.39 is 23.9 Å². The van der Waals surface area contributed by atoms with Crippen LogP contribution in [0.25, 0.3) is 22.4 Å². The lowest BCUT2D eigenvalue weighted by molar-refractivity contribution is -0.131.